The highest BCUT2D eigenvalue weighted by atomic mass is 16.5. The Morgan fingerprint density at radius 3 is 2.75 bits per heavy atom. The predicted molar refractivity (Wildman–Crippen MR) is 70.9 cm³/mol. The van der Waals surface area contributed by atoms with Crippen LogP contribution in [0.1, 0.15) is 17.4 Å². The Hall–Kier alpha value is -2.63. The molecule has 6 heteroatoms. The van der Waals surface area contributed by atoms with Crippen LogP contribution in [0.25, 0.3) is 11.3 Å². The van der Waals surface area contributed by atoms with E-state index in [4.69, 9.17) is 9.26 Å². The molecule has 0 unspecified atom stereocenters. The average molecular weight is 274 g/mol. The highest BCUT2D eigenvalue weighted by Gasteiger charge is 2.13. The van der Waals surface area contributed by atoms with Gasteiger partial charge in [0.25, 0.3) is 5.91 Å². The number of hydrogen-bond acceptors (Lipinski definition) is 5. The van der Waals surface area contributed by atoms with Gasteiger partial charge in [-0.15, -0.1) is 0 Å². The monoisotopic (exact) mass is 274 g/mol. The third kappa shape index (κ3) is 3.68. The molecule has 0 spiro atoms. The third-order valence-electron chi connectivity index (χ3n) is 2.49. The lowest BCUT2D eigenvalue weighted by atomic mass is 10.1. The molecule has 0 radical (unpaired) electrons. The van der Waals surface area contributed by atoms with Gasteiger partial charge in [0.05, 0.1) is 6.54 Å². The van der Waals surface area contributed by atoms with Crippen LogP contribution in [0.4, 0.5) is 0 Å². The molecule has 0 aliphatic rings. The van der Waals surface area contributed by atoms with E-state index in [1.54, 1.807) is 6.07 Å². The lowest BCUT2D eigenvalue weighted by Gasteiger charge is -2.02. The van der Waals surface area contributed by atoms with Crippen LogP contribution in [-0.2, 0) is 9.53 Å². The molecule has 1 aromatic heterocycles. The molecule has 2 aromatic rings. The van der Waals surface area contributed by atoms with Crippen LogP contribution in [0, 0.1) is 0 Å². The van der Waals surface area contributed by atoms with Gasteiger partial charge in [0.2, 0.25) is 0 Å². The average Bonchev–Trinajstić information content (AvgIpc) is 2.94. The van der Waals surface area contributed by atoms with E-state index in [1.807, 2.05) is 30.3 Å². The van der Waals surface area contributed by atoms with Gasteiger partial charge in [-0.1, -0.05) is 35.5 Å². The van der Waals surface area contributed by atoms with Crippen LogP contribution in [-0.4, -0.2) is 30.2 Å². The Balaban J connectivity index is 1.92. The van der Waals surface area contributed by atoms with Crippen molar-refractivity contribution in [2.75, 3.05) is 13.2 Å². The van der Waals surface area contributed by atoms with Crippen LogP contribution in [0.15, 0.2) is 40.9 Å². The molecule has 6 nitrogen and oxygen atoms in total. The Morgan fingerprint density at radius 2 is 2.05 bits per heavy atom. The van der Waals surface area contributed by atoms with Gasteiger partial charge < -0.3 is 14.6 Å². The SMILES string of the molecule is CC(=O)OCCNC(=O)c1cc(-c2ccccc2)on1. The molecule has 104 valence electrons. The first-order valence-electron chi connectivity index (χ1n) is 6.10. The zero-order valence-corrected chi connectivity index (χ0v) is 11.0. The van der Waals surface area contributed by atoms with Crippen molar-refractivity contribution in [3.8, 4) is 11.3 Å². The lowest BCUT2D eigenvalue weighted by Crippen LogP contribution is -2.27. The maximum Gasteiger partial charge on any atom is 0.302 e. The van der Waals surface area contributed by atoms with E-state index < -0.39 is 0 Å². The summed E-state index contributed by atoms with van der Waals surface area (Å²) < 4.78 is 9.83. The smallest absolute Gasteiger partial charge is 0.302 e. The summed E-state index contributed by atoms with van der Waals surface area (Å²) >= 11 is 0. The molecular weight excluding hydrogens is 260 g/mol. The van der Waals surface area contributed by atoms with Gasteiger partial charge >= 0.3 is 5.97 Å². The van der Waals surface area contributed by atoms with Crippen LogP contribution in [0.2, 0.25) is 0 Å². The minimum atomic E-state index is -0.382. The Kier molecular flexibility index (Phi) is 4.49. The second-order valence-electron chi connectivity index (χ2n) is 4.04. The van der Waals surface area contributed by atoms with Gasteiger partial charge in [0.15, 0.2) is 11.5 Å². The maximum atomic E-state index is 11.8. The van der Waals surface area contributed by atoms with Crippen molar-refractivity contribution in [3.63, 3.8) is 0 Å². The van der Waals surface area contributed by atoms with E-state index >= 15 is 0 Å². The molecule has 1 aromatic carbocycles. The highest BCUT2D eigenvalue weighted by molar-refractivity contribution is 5.93. The molecule has 1 N–H and O–H groups in total. The normalized spacial score (nSPS) is 10.1. The summed E-state index contributed by atoms with van der Waals surface area (Å²) in [4.78, 5) is 22.3. The Bertz CT molecular complexity index is 592. The van der Waals surface area contributed by atoms with E-state index in [0.717, 1.165) is 5.56 Å². The molecule has 0 aliphatic heterocycles. The highest BCUT2D eigenvalue weighted by Crippen LogP contribution is 2.19. The van der Waals surface area contributed by atoms with Crippen molar-refractivity contribution in [1.82, 2.24) is 10.5 Å². The first-order chi connectivity index (χ1) is 9.66. The van der Waals surface area contributed by atoms with Crippen LogP contribution in [0.3, 0.4) is 0 Å². The van der Waals surface area contributed by atoms with Gasteiger partial charge in [-0.25, -0.2) is 0 Å². The quantitative estimate of drug-likeness (QED) is 0.662. The number of rotatable bonds is 5. The number of aromatic nitrogens is 1. The number of carbonyl (C=O) groups is 2. The van der Waals surface area contributed by atoms with Gasteiger partial charge in [0, 0.05) is 18.6 Å². The van der Waals surface area contributed by atoms with Gasteiger partial charge in [-0.3, -0.25) is 9.59 Å². The van der Waals surface area contributed by atoms with Crippen molar-refractivity contribution in [2.24, 2.45) is 0 Å². The molecule has 1 amide bonds. The van der Waals surface area contributed by atoms with Gasteiger partial charge in [-0.2, -0.15) is 0 Å². The fourth-order valence-corrected chi connectivity index (χ4v) is 1.57. The fraction of sp³-hybridized carbons (Fsp3) is 0.214. The number of esters is 1. The summed E-state index contributed by atoms with van der Waals surface area (Å²) in [6, 6.07) is 10.9. The number of nitrogens with one attached hydrogen (secondary N) is 1. The van der Waals surface area contributed by atoms with Crippen molar-refractivity contribution in [1.29, 1.82) is 0 Å². The van der Waals surface area contributed by atoms with Crippen molar-refractivity contribution < 1.29 is 18.8 Å². The fourth-order valence-electron chi connectivity index (χ4n) is 1.57. The van der Waals surface area contributed by atoms with E-state index in [1.165, 1.54) is 6.92 Å². The molecule has 0 aliphatic carbocycles. The minimum Gasteiger partial charge on any atom is -0.464 e. The lowest BCUT2D eigenvalue weighted by molar-refractivity contribution is -0.140. The first kappa shape index (κ1) is 13.8. The van der Waals surface area contributed by atoms with E-state index in [-0.39, 0.29) is 30.7 Å². The second-order valence-corrected chi connectivity index (χ2v) is 4.04. The number of benzene rings is 1. The maximum absolute atomic E-state index is 11.8. The van der Waals surface area contributed by atoms with Gasteiger partial charge in [-0.05, 0) is 0 Å². The first-order valence-corrected chi connectivity index (χ1v) is 6.10. The summed E-state index contributed by atoms with van der Waals surface area (Å²) in [5.74, 6) is -0.231. The number of ether oxygens (including phenoxy) is 1. The molecule has 0 atom stereocenters. The molecule has 0 bridgehead atoms. The third-order valence-corrected chi connectivity index (χ3v) is 2.49. The van der Waals surface area contributed by atoms with Crippen molar-refractivity contribution in [3.05, 3.63) is 42.1 Å². The van der Waals surface area contributed by atoms with E-state index in [0.29, 0.717) is 5.76 Å². The predicted octanol–water partition coefficient (Wildman–Crippen LogP) is 1.63. The minimum absolute atomic E-state index is 0.129. The Labute approximate surface area is 115 Å². The topological polar surface area (TPSA) is 81.4 Å². The molecule has 2 rings (SSSR count). The zero-order valence-electron chi connectivity index (χ0n) is 11.0. The Morgan fingerprint density at radius 1 is 1.30 bits per heavy atom. The van der Waals surface area contributed by atoms with E-state index in [2.05, 4.69) is 10.5 Å². The standard InChI is InChI=1S/C14H14N2O4/c1-10(17)19-8-7-15-14(18)12-9-13(20-16-12)11-5-3-2-4-6-11/h2-6,9H,7-8H2,1H3,(H,15,18). The van der Waals surface area contributed by atoms with Gasteiger partial charge in [0.1, 0.15) is 6.61 Å². The van der Waals surface area contributed by atoms with Crippen LogP contribution >= 0.6 is 0 Å². The number of hydrogen-bond donors (Lipinski definition) is 1. The van der Waals surface area contributed by atoms with E-state index in [9.17, 15) is 9.59 Å². The molecule has 0 fully saturated rings. The number of nitrogens with zero attached hydrogens (tertiary/aromatic N) is 1. The molecule has 0 saturated carbocycles. The number of amides is 1. The number of carbonyl (C=O) groups excluding carboxylic acids is 2. The summed E-state index contributed by atoms with van der Waals surface area (Å²) in [6.45, 7) is 1.67. The van der Waals surface area contributed by atoms with Crippen LogP contribution < -0.4 is 5.32 Å². The molecule has 0 saturated heterocycles. The molecular formula is C14H14N2O4. The summed E-state index contributed by atoms with van der Waals surface area (Å²) in [5, 5.41) is 6.29. The zero-order chi connectivity index (χ0) is 14.4. The largest absolute Gasteiger partial charge is 0.464 e. The van der Waals surface area contributed by atoms with Crippen LogP contribution in [0.5, 0.6) is 0 Å². The molecule has 20 heavy (non-hydrogen) atoms. The summed E-state index contributed by atoms with van der Waals surface area (Å²) in [7, 11) is 0. The van der Waals surface area contributed by atoms with Crippen molar-refractivity contribution >= 4 is 11.9 Å². The molecule has 1 heterocycles. The second kappa shape index (κ2) is 6.51. The summed E-state index contributed by atoms with van der Waals surface area (Å²) in [6.07, 6.45) is 0. The summed E-state index contributed by atoms with van der Waals surface area (Å²) in [5.41, 5.74) is 1.03. The van der Waals surface area contributed by atoms with Crippen molar-refractivity contribution in [2.45, 2.75) is 6.92 Å².